The van der Waals surface area contributed by atoms with E-state index in [4.69, 9.17) is 9.47 Å². The number of carbonyl (C=O) groups is 3. The number of amides is 3. The average molecular weight is 456 g/mol. The van der Waals surface area contributed by atoms with Crippen molar-refractivity contribution >= 4 is 29.1 Å². The van der Waals surface area contributed by atoms with Crippen LogP contribution in [0.25, 0.3) is 0 Å². The van der Waals surface area contributed by atoms with Gasteiger partial charge in [-0.1, -0.05) is 39.0 Å². The van der Waals surface area contributed by atoms with Crippen molar-refractivity contribution in [2.45, 2.75) is 41.0 Å². The molecule has 0 spiro atoms. The summed E-state index contributed by atoms with van der Waals surface area (Å²) >= 11 is 0. The molecule has 0 heterocycles. The lowest BCUT2D eigenvalue weighted by Gasteiger charge is -2.19. The molecule has 0 aliphatic rings. The van der Waals surface area contributed by atoms with E-state index in [1.807, 2.05) is 40.7 Å². The molecule has 0 radical (unpaired) electrons. The number of ether oxygens (including phenoxy) is 2. The molecular weight excluding hydrogens is 422 g/mol. The maximum absolute atomic E-state index is 12.6. The van der Waals surface area contributed by atoms with Crippen molar-refractivity contribution in [1.82, 2.24) is 5.32 Å². The number of anilines is 2. The van der Waals surface area contributed by atoms with Gasteiger partial charge in [0.25, 0.3) is 5.91 Å². The van der Waals surface area contributed by atoms with Crippen molar-refractivity contribution in [3.05, 3.63) is 48.0 Å². The summed E-state index contributed by atoms with van der Waals surface area (Å²) in [5, 5.41) is 8.41. The van der Waals surface area contributed by atoms with Crippen LogP contribution in [0, 0.1) is 5.41 Å². The number of hydrogen-bond acceptors (Lipinski definition) is 5. The van der Waals surface area contributed by atoms with Crippen molar-refractivity contribution in [2.75, 3.05) is 30.4 Å². The molecule has 0 aromatic heterocycles. The highest BCUT2D eigenvalue weighted by Crippen LogP contribution is 2.37. The second-order valence-electron chi connectivity index (χ2n) is 8.33. The number of hydrogen-bond donors (Lipinski definition) is 3. The van der Waals surface area contributed by atoms with Gasteiger partial charge in [-0.15, -0.1) is 0 Å². The Balaban J connectivity index is 2.18. The predicted molar refractivity (Wildman–Crippen MR) is 129 cm³/mol. The lowest BCUT2D eigenvalue weighted by molar-refractivity contribution is -0.128. The molecule has 2 aromatic rings. The monoisotopic (exact) mass is 455 g/mol. The number of nitrogens with one attached hydrogen (secondary N) is 3. The molecule has 2 aromatic carbocycles. The fourth-order valence-electron chi connectivity index (χ4n) is 2.86. The summed E-state index contributed by atoms with van der Waals surface area (Å²) in [4.78, 5) is 37.1. The fourth-order valence-corrected chi connectivity index (χ4v) is 2.86. The quantitative estimate of drug-likeness (QED) is 0.497. The Kier molecular flexibility index (Phi) is 9.27. The van der Waals surface area contributed by atoms with E-state index in [2.05, 4.69) is 16.0 Å². The van der Waals surface area contributed by atoms with Gasteiger partial charge >= 0.3 is 0 Å². The van der Waals surface area contributed by atoms with Crippen LogP contribution >= 0.6 is 0 Å². The molecule has 0 bridgehead atoms. The minimum absolute atomic E-state index is 0.101. The summed E-state index contributed by atoms with van der Waals surface area (Å²) in [5.74, 6) is 0.111. The lowest BCUT2D eigenvalue weighted by atomic mass is 9.96. The van der Waals surface area contributed by atoms with Crippen LogP contribution in [0.4, 0.5) is 11.4 Å². The van der Waals surface area contributed by atoms with Crippen LogP contribution in [0.3, 0.4) is 0 Å². The van der Waals surface area contributed by atoms with Crippen LogP contribution in [0.1, 0.15) is 51.4 Å². The Morgan fingerprint density at radius 1 is 0.848 bits per heavy atom. The van der Waals surface area contributed by atoms with Gasteiger partial charge in [-0.25, -0.2) is 0 Å². The van der Waals surface area contributed by atoms with Gasteiger partial charge < -0.3 is 25.4 Å². The van der Waals surface area contributed by atoms with Crippen LogP contribution in [-0.4, -0.2) is 37.5 Å². The molecule has 178 valence electrons. The molecule has 0 saturated heterocycles. The molecule has 3 N–H and O–H groups in total. The number of benzene rings is 2. The molecule has 2 rings (SSSR count). The van der Waals surface area contributed by atoms with Crippen LogP contribution in [0.2, 0.25) is 0 Å². The van der Waals surface area contributed by atoms with Crippen molar-refractivity contribution < 1.29 is 23.9 Å². The van der Waals surface area contributed by atoms with Gasteiger partial charge in [0.15, 0.2) is 0 Å². The van der Waals surface area contributed by atoms with Crippen molar-refractivity contribution in [2.24, 2.45) is 5.41 Å². The highest BCUT2D eigenvalue weighted by molar-refractivity contribution is 6.05. The molecule has 0 atom stereocenters. The summed E-state index contributed by atoms with van der Waals surface area (Å²) in [5.41, 5.74) is 0.840. The number of rotatable bonds is 10. The van der Waals surface area contributed by atoms with Crippen molar-refractivity contribution in [1.29, 1.82) is 0 Å². The van der Waals surface area contributed by atoms with Crippen LogP contribution in [0.5, 0.6) is 11.5 Å². The normalized spacial score (nSPS) is 10.8. The van der Waals surface area contributed by atoms with Gasteiger partial charge in [0.05, 0.1) is 24.6 Å². The maximum Gasteiger partial charge on any atom is 0.255 e. The zero-order valence-electron chi connectivity index (χ0n) is 19.9. The Hall–Kier alpha value is -3.55. The first kappa shape index (κ1) is 25.7. The molecule has 0 fully saturated rings. The average Bonchev–Trinajstić information content (AvgIpc) is 2.76. The summed E-state index contributed by atoms with van der Waals surface area (Å²) in [6.45, 7) is 10.0. The van der Waals surface area contributed by atoms with E-state index >= 15 is 0 Å². The Bertz CT molecular complexity index is 968. The molecule has 8 nitrogen and oxygen atoms in total. The maximum atomic E-state index is 12.6. The fraction of sp³-hybridized carbons (Fsp3) is 0.400. The Labute approximate surface area is 195 Å². The summed E-state index contributed by atoms with van der Waals surface area (Å²) in [6, 6.07) is 12.1. The second-order valence-corrected chi connectivity index (χ2v) is 8.33. The van der Waals surface area contributed by atoms with Crippen LogP contribution in [0.15, 0.2) is 42.5 Å². The summed E-state index contributed by atoms with van der Waals surface area (Å²) < 4.78 is 11.4. The van der Waals surface area contributed by atoms with Crippen molar-refractivity contribution in [3.8, 4) is 11.5 Å². The largest absolute Gasteiger partial charge is 0.492 e. The molecule has 0 unspecified atom stereocenters. The molecule has 3 amide bonds. The zero-order valence-corrected chi connectivity index (χ0v) is 19.9. The van der Waals surface area contributed by atoms with E-state index in [1.54, 1.807) is 36.4 Å². The topological polar surface area (TPSA) is 106 Å². The molecular formula is C25H33N3O5. The Morgan fingerprint density at radius 2 is 1.39 bits per heavy atom. The summed E-state index contributed by atoms with van der Waals surface area (Å²) in [7, 11) is 0. The van der Waals surface area contributed by atoms with Gasteiger partial charge in [0.1, 0.15) is 11.5 Å². The first-order valence-electron chi connectivity index (χ1n) is 11.0. The minimum atomic E-state index is -0.523. The van der Waals surface area contributed by atoms with E-state index < -0.39 is 5.41 Å². The van der Waals surface area contributed by atoms with E-state index in [1.165, 1.54) is 0 Å². The molecule has 0 saturated carbocycles. The minimum Gasteiger partial charge on any atom is -0.492 e. The molecule has 0 aliphatic carbocycles. The third kappa shape index (κ3) is 7.82. The first-order valence-corrected chi connectivity index (χ1v) is 11.0. The van der Waals surface area contributed by atoms with E-state index in [-0.39, 0.29) is 30.7 Å². The standard InChI is InChI=1S/C25H33N3O5/c1-6-32-20-16-19(28-23(30)17-11-9-8-10-12-17)21(33-7-2)15-18(20)27-22(29)13-14-26-24(31)25(3,4)5/h8-12,15-16H,6-7,13-14H2,1-5H3,(H,26,31)(H,27,29)(H,28,30). The molecule has 33 heavy (non-hydrogen) atoms. The zero-order chi connectivity index (χ0) is 24.4. The highest BCUT2D eigenvalue weighted by atomic mass is 16.5. The SMILES string of the molecule is CCOc1cc(NC(=O)c2ccccc2)c(OCC)cc1NC(=O)CCNC(=O)C(C)(C)C. The Morgan fingerprint density at radius 3 is 1.91 bits per heavy atom. The van der Waals surface area contributed by atoms with E-state index in [0.29, 0.717) is 41.7 Å². The predicted octanol–water partition coefficient (Wildman–Crippen LogP) is 4.23. The van der Waals surface area contributed by atoms with Crippen molar-refractivity contribution in [3.63, 3.8) is 0 Å². The van der Waals surface area contributed by atoms with Gasteiger partial charge in [-0.05, 0) is 26.0 Å². The summed E-state index contributed by atoms with van der Waals surface area (Å²) in [6.07, 6.45) is 0.101. The smallest absolute Gasteiger partial charge is 0.255 e. The van der Waals surface area contributed by atoms with Gasteiger partial charge in [0.2, 0.25) is 11.8 Å². The van der Waals surface area contributed by atoms with Crippen LogP contribution in [-0.2, 0) is 9.59 Å². The molecule has 0 aliphatic heterocycles. The highest BCUT2D eigenvalue weighted by Gasteiger charge is 2.21. The van der Waals surface area contributed by atoms with Gasteiger partial charge in [-0.2, -0.15) is 0 Å². The third-order valence-corrected chi connectivity index (χ3v) is 4.56. The molecule has 8 heteroatoms. The third-order valence-electron chi connectivity index (χ3n) is 4.56. The number of carbonyl (C=O) groups excluding carboxylic acids is 3. The van der Waals surface area contributed by atoms with E-state index in [9.17, 15) is 14.4 Å². The van der Waals surface area contributed by atoms with Gasteiger partial charge in [0, 0.05) is 36.1 Å². The van der Waals surface area contributed by atoms with Gasteiger partial charge in [-0.3, -0.25) is 14.4 Å². The lowest BCUT2D eigenvalue weighted by Crippen LogP contribution is -2.36. The van der Waals surface area contributed by atoms with Crippen LogP contribution < -0.4 is 25.4 Å². The second kappa shape index (κ2) is 11.9. The first-order chi connectivity index (χ1) is 15.7. The van der Waals surface area contributed by atoms with E-state index in [0.717, 1.165) is 0 Å².